The molecule has 2 rings (SSSR count). The van der Waals surface area contributed by atoms with Gasteiger partial charge in [0.15, 0.2) is 0 Å². The maximum Gasteiger partial charge on any atom is 0.311 e. The van der Waals surface area contributed by atoms with Gasteiger partial charge in [-0.2, -0.15) is 0 Å². The summed E-state index contributed by atoms with van der Waals surface area (Å²) in [5.74, 6) is 0.164. The van der Waals surface area contributed by atoms with Crippen LogP contribution in [0.4, 0.5) is 17.2 Å². The highest BCUT2D eigenvalue weighted by atomic mass is 35.5. The summed E-state index contributed by atoms with van der Waals surface area (Å²) in [6.07, 6.45) is 0. The molecule has 0 spiro atoms. The Hall–Kier alpha value is -2.27. The minimum absolute atomic E-state index is 0.0964. The highest BCUT2D eigenvalue weighted by Gasteiger charge is 2.15. The van der Waals surface area contributed by atoms with Crippen LogP contribution in [0.2, 0.25) is 15.5 Å². The maximum absolute atomic E-state index is 10.7. The van der Waals surface area contributed by atoms with Crippen LogP contribution >= 0.6 is 34.8 Å². The first kappa shape index (κ1) is 26.7. The van der Waals surface area contributed by atoms with Crippen molar-refractivity contribution in [3.8, 4) is 0 Å². The van der Waals surface area contributed by atoms with Crippen LogP contribution in [0.3, 0.4) is 0 Å². The molecule has 0 aromatic carbocycles. The second-order valence-corrected chi connectivity index (χ2v) is 5.72. The average molecular weight is 469 g/mol. The van der Waals surface area contributed by atoms with Crippen molar-refractivity contribution < 1.29 is 14.6 Å². The molecule has 29 heavy (non-hydrogen) atoms. The third-order valence-corrected chi connectivity index (χ3v) is 3.47. The predicted molar refractivity (Wildman–Crippen MR) is 113 cm³/mol. The summed E-state index contributed by atoms with van der Waals surface area (Å²) in [5.41, 5.74) is -0.336. The van der Waals surface area contributed by atoms with E-state index in [4.69, 9.17) is 39.5 Å². The number of aromatic nitrogens is 2. The first-order valence-corrected chi connectivity index (χ1v) is 9.48. The summed E-state index contributed by atoms with van der Waals surface area (Å²) in [7, 11) is 0. The Morgan fingerprint density at radius 1 is 0.966 bits per heavy atom. The number of hydrogen-bond acceptors (Lipinski definition) is 8. The highest BCUT2D eigenvalue weighted by Crippen LogP contribution is 2.24. The fraction of sp³-hybridized carbons (Fsp3) is 0.375. The number of nitrogens with one attached hydrogen (secondary N) is 1. The molecular formula is C16H20Cl3N5O5. The Morgan fingerprint density at radius 2 is 1.48 bits per heavy atom. The zero-order chi connectivity index (χ0) is 22.4. The number of nitro groups is 2. The van der Waals surface area contributed by atoms with E-state index in [0.717, 1.165) is 0 Å². The van der Waals surface area contributed by atoms with Gasteiger partial charge in [0, 0.05) is 25.3 Å². The van der Waals surface area contributed by atoms with E-state index in [1.54, 1.807) is 0 Å². The minimum atomic E-state index is -0.619. The number of halogens is 3. The van der Waals surface area contributed by atoms with Crippen molar-refractivity contribution in [2.75, 3.05) is 25.1 Å². The standard InChI is InChI=1S/C9H12ClN3O3.C5H2Cl2N2O2.C2H6/c1-2-16-6-5-11-9-7(13(14)15)3-4-8(10)12-9;6-4-2-1-3(9(10)11)5(7)8-4;1-2/h3-4H,2,5-6H2,1H3,(H,11,12);1-2H;1-2H3. The third kappa shape index (κ3) is 10.2. The lowest BCUT2D eigenvalue weighted by Gasteiger charge is -2.06. The molecule has 1 N–H and O–H groups in total. The lowest BCUT2D eigenvalue weighted by molar-refractivity contribution is -0.385. The number of hydrogen-bond donors (Lipinski definition) is 1. The van der Waals surface area contributed by atoms with E-state index < -0.39 is 9.85 Å². The van der Waals surface area contributed by atoms with Crippen molar-refractivity contribution in [2.24, 2.45) is 0 Å². The molecule has 0 unspecified atom stereocenters. The van der Waals surface area contributed by atoms with E-state index in [1.807, 2.05) is 20.8 Å². The fourth-order valence-electron chi connectivity index (χ4n) is 1.63. The Bertz CT molecular complexity index is 811. The normalized spacial score (nSPS) is 9.45. The van der Waals surface area contributed by atoms with Crippen molar-refractivity contribution in [3.63, 3.8) is 0 Å². The van der Waals surface area contributed by atoms with Gasteiger partial charge in [-0.1, -0.05) is 48.7 Å². The predicted octanol–water partition coefficient (Wildman–Crippen LogP) is 5.41. The van der Waals surface area contributed by atoms with Gasteiger partial charge in [0.05, 0.1) is 16.5 Å². The van der Waals surface area contributed by atoms with Gasteiger partial charge in [0.1, 0.15) is 10.3 Å². The molecule has 0 radical (unpaired) electrons. The van der Waals surface area contributed by atoms with Crippen LogP contribution in [-0.2, 0) is 4.74 Å². The van der Waals surface area contributed by atoms with E-state index in [2.05, 4.69) is 15.3 Å². The highest BCUT2D eigenvalue weighted by molar-refractivity contribution is 6.33. The molecule has 0 saturated carbocycles. The number of pyridine rings is 2. The van der Waals surface area contributed by atoms with Crippen LogP contribution in [0.25, 0.3) is 0 Å². The average Bonchev–Trinajstić information content (AvgIpc) is 2.67. The van der Waals surface area contributed by atoms with Crippen molar-refractivity contribution in [3.05, 3.63) is 60.0 Å². The first-order valence-electron chi connectivity index (χ1n) is 8.35. The Kier molecular flexibility index (Phi) is 13.5. The first-order chi connectivity index (χ1) is 13.8. The smallest absolute Gasteiger partial charge is 0.311 e. The SMILES string of the molecule is CC.CCOCCNc1nc(Cl)ccc1[N+](=O)[O-].O=[N+]([O-])c1ccc(Cl)nc1Cl. The van der Waals surface area contributed by atoms with Crippen LogP contribution in [0, 0.1) is 20.2 Å². The molecule has 2 aromatic rings. The molecule has 0 bridgehead atoms. The molecule has 0 atom stereocenters. The molecule has 0 aliphatic rings. The zero-order valence-electron chi connectivity index (χ0n) is 15.9. The Balaban J connectivity index is 0.000000526. The molecule has 0 fully saturated rings. The second-order valence-electron chi connectivity index (χ2n) is 4.58. The molecule has 13 heteroatoms. The summed E-state index contributed by atoms with van der Waals surface area (Å²) < 4.78 is 5.09. The van der Waals surface area contributed by atoms with Gasteiger partial charge in [-0.05, 0) is 19.1 Å². The van der Waals surface area contributed by atoms with Crippen molar-refractivity contribution in [1.29, 1.82) is 0 Å². The van der Waals surface area contributed by atoms with Crippen molar-refractivity contribution >= 4 is 52.0 Å². The van der Waals surface area contributed by atoms with E-state index in [1.165, 1.54) is 24.3 Å². The van der Waals surface area contributed by atoms with Gasteiger partial charge in [0.2, 0.25) is 11.0 Å². The van der Waals surface area contributed by atoms with Crippen molar-refractivity contribution in [2.45, 2.75) is 20.8 Å². The maximum atomic E-state index is 10.7. The Morgan fingerprint density at radius 3 is 1.97 bits per heavy atom. The molecule has 2 aromatic heterocycles. The van der Waals surface area contributed by atoms with Gasteiger partial charge >= 0.3 is 11.4 Å². The summed E-state index contributed by atoms with van der Waals surface area (Å²) in [6, 6.07) is 5.22. The van der Waals surface area contributed by atoms with Crippen LogP contribution in [-0.4, -0.2) is 39.6 Å². The third-order valence-electron chi connectivity index (χ3n) is 2.77. The fourth-order valence-corrected chi connectivity index (χ4v) is 2.19. The quantitative estimate of drug-likeness (QED) is 0.246. The van der Waals surface area contributed by atoms with E-state index in [-0.39, 0.29) is 32.7 Å². The zero-order valence-corrected chi connectivity index (χ0v) is 18.2. The van der Waals surface area contributed by atoms with E-state index >= 15 is 0 Å². The van der Waals surface area contributed by atoms with E-state index in [9.17, 15) is 20.2 Å². The number of rotatable bonds is 7. The molecule has 2 heterocycles. The van der Waals surface area contributed by atoms with Gasteiger partial charge in [-0.25, -0.2) is 9.97 Å². The Labute approximate surface area is 182 Å². The van der Waals surface area contributed by atoms with Crippen molar-refractivity contribution in [1.82, 2.24) is 9.97 Å². The molecule has 0 saturated heterocycles. The molecule has 160 valence electrons. The molecular weight excluding hydrogens is 449 g/mol. The van der Waals surface area contributed by atoms with Gasteiger partial charge in [0.25, 0.3) is 0 Å². The van der Waals surface area contributed by atoms with Gasteiger partial charge < -0.3 is 10.1 Å². The van der Waals surface area contributed by atoms with Gasteiger partial charge in [-0.15, -0.1) is 0 Å². The molecule has 0 amide bonds. The number of anilines is 1. The molecule has 0 aliphatic heterocycles. The number of nitrogens with zero attached hydrogens (tertiary/aromatic N) is 4. The molecule has 0 aliphatic carbocycles. The van der Waals surface area contributed by atoms with Crippen LogP contribution in [0.15, 0.2) is 24.3 Å². The summed E-state index contributed by atoms with van der Waals surface area (Å²) >= 11 is 16.4. The largest absolute Gasteiger partial charge is 0.380 e. The lowest BCUT2D eigenvalue weighted by Crippen LogP contribution is -2.11. The summed E-state index contributed by atoms with van der Waals surface area (Å²) in [6.45, 7) is 7.39. The van der Waals surface area contributed by atoms with Crippen LogP contribution in [0.1, 0.15) is 20.8 Å². The van der Waals surface area contributed by atoms with E-state index in [0.29, 0.717) is 19.8 Å². The van der Waals surface area contributed by atoms with Crippen LogP contribution < -0.4 is 5.32 Å². The summed E-state index contributed by atoms with van der Waals surface area (Å²) in [5, 5.41) is 23.8. The lowest BCUT2D eigenvalue weighted by atomic mass is 10.4. The van der Waals surface area contributed by atoms with Crippen LogP contribution in [0.5, 0.6) is 0 Å². The second kappa shape index (κ2) is 14.7. The monoisotopic (exact) mass is 467 g/mol. The summed E-state index contributed by atoms with van der Waals surface area (Å²) in [4.78, 5) is 27.1. The minimum Gasteiger partial charge on any atom is -0.380 e. The van der Waals surface area contributed by atoms with Gasteiger partial charge in [-0.3, -0.25) is 20.2 Å². The topological polar surface area (TPSA) is 133 Å². The molecule has 10 nitrogen and oxygen atoms in total. The number of ether oxygens (including phenoxy) is 1.